The number of hydrogen-bond donors (Lipinski definition) is 1. The quantitative estimate of drug-likeness (QED) is 0.866. The van der Waals surface area contributed by atoms with Gasteiger partial charge in [0.2, 0.25) is 5.88 Å². The number of aromatic nitrogens is 2. The monoisotopic (exact) mass is 275 g/mol. The van der Waals surface area contributed by atoms with Crippen LogP contribution >= 0.6 is 0 Å². The molecule has 2 unspecified atom stereocenters. The summed E-state index contributed by atoms with van der Waals surface area (Å²) >= 11 is 0. The lowest BCUT2D eigenvalue weighted by Crippen LogP contribution is -2.30. The van der Waals surface area contributed by atoms with Gasteiger partial charge in [-0.3, -0.25) is 0 Å². The van der Waals surface area contributed by atoms with Crippen LogP contribution in [0.15, 0.2) is 12.1 Å². The van der Waals surface area contributed by atoms with Crippen LogP contribution in [0.1, 0.15) is 57.6 Å². The van der Waals surface area contributed by atoms with Gasteiger partial charge in [0.1, 0.15) is 6.10 Å². The van der Waals surface area contributed by atoms with Gasteiger partial charge in [0.05, 0.1) is 5.69 Å². The minimum absolute atomic E-state index is 0.332. The third kappa shape index (κ3) is 3.69. The summed E-state index contributed by atoms with van der Waals surface area (Å²) in [5.41, 5.74) is 1.000. The fourth-order valence-electron chi connectivity index (χ4n) is 2.99. The van der Waals surface area contributed by atoms with Crippen LogP contribution in [0, 0.1) is 5.92 Å². The van der Waals surface area contributed by atoms with Crippen molar-refractivity contribution in [3.63, 3.8) is 0 Å². The number of nitrogens with one attached hydrogen (secondary N) is 1. The van der Waals surface area contributed by atoms with Gasteiger partial charge in [0.25, 0.3) is 0 Å². The fraction of sp³-hybridized carbons (Fsp3) is 0.750. The van der Waals surface area contributed by atoms with E-state index in [0.29, 0.717) is 23.9 Å². The lowest BCUT2D eigenvalue weighted by Gasteiger charge is -2.30. The van der Waals surface area contributed by atoms with Crippen LogP contribution in [0.25, 0.3) is 0 Å². The second-order valence-corrected chi connectivity index (χ2v) is 6.13. The summed E-state index contributed by atoms with van der Waals surface area (Å²) in [6.45, 7) is 3.07. The van der Waals surface area contributed by atoms with Crippen molar-refractivity contribution in [3.05, 3.63) is 17.8 Å². The van der Waals surface area contributed by atoms with Gasteiger partial charge in [-0.15, -0.1) is 5.10 Å². The molecule has 2 aliphatic carbocycles. The summed E-state index contributed by atoms with van der Waals surface area (Å²) in [5, 5.41) is 11.9. The number of rotatable bonds is 6. The standard InChI is InChI=1S/C16H25N3O/c1-2-12-5-3-4-6-15(12)20-16-10-9-14(18-19-16)11-17-13-7-8-13/h9-10,12-13,15,17H,2-8,11H2,1H3. The largest absolute Gasteiger partial charge is 0.473 e. The van der Waals surface area contributed by atoms with Crippen LogP contribution in [-0.4, -0.2) is 22.3 Å². The third-order valence-electron chi connectivity index (χ3n) is 4.48. The topological polar surface area (TPSA) is 47.0 Å². The average molecular weight is 275 g/mol. The van der Waals surface area contributed by atoms with Crippen LogP contribution in [0.2, 0.25) is 0 Å². The van der Waals surface area contributed by atoms with Crippen molar-refractivity contribution in [2.75, 3.05) is 0 Å². The van der Waals surface area contributed by atoms with Gasteiger partial charge in [0, 0.05) is 18.7 Å². The summed E-state index contributed by atoms with van der Waals surface area (Å²) in [7, 11) is 0. The zero-order chi connectivity index (χ0) is 13.8. The summed E-state index contributed by atoms with van der Waals surface area (Å²) < 4.78 is 6.06. The lowest BCUT2D eigenvalue weighted by atomic mass is 9.85. The molecule has 110 valence electrons. The molecule has 2 fully saturated rings. The van der Waals surface area contributed by atoms with Gasteiger partial charge in [-0.25, -0.2) is 0 Å². The molecule has 1 N–H and O–H groups in total. The summed E-state index contributed by atoms with van der Waals surface area (Å²) in [4.78, 5) is 0. The first-order valence-electron chi connectivity index (χ1n) is 8.08. The molecule has 1 aromatic heterocycles. The van der Waals surface area contributed by atoms with E-state index >= 15 is 0 Å². The van der Waals surface area contributed by atoms with E-state index in [1.807, 2.05) is 12.1 Å². The van der Waals surface area contributed by atoms with E-state index in [1.165, 1.54) is 38.5 Å². The summed E-state index contributed by atoms with van der Waals surface area (Å²) in [6.07, 6.45) is 9.19. The SMILES string of the molecule is CCC1CCCCC1Oc1ccc(CNC2CC2)nn1. The molecule has 1 heterocycles. The van der Waals surface area contributed by atoms with Crippen LogP contribution in [0.4, 0.5) is 0 Å². The highest BCUT2D eigenvalue weighted by Gasteiger charge is 2.25. The molecule has 4 nitrogen and oxygen atoms in total. The molecule has 1 aromatic rings. The Hall–Kier alpha value is -1.16. The minimum atomic E-state index is 0.332. The van der Waals surface area contributed by atoms with Gasteiger partial charge < -0.3 is 10.1 Å². The molecule has 0 amide bonds. The molecule has 0 bridgehead atoms. The summed E-state index contributed by atoms with van der Waals surface area (Å²) in [6, 6.07) is 4.71. The van der Waals surface area contributed by atoms with E-state index in [9.17, 15) is 0 Å². The molecule has 2 aliphatic rings. The Labute approximate surface area is 121 Å². The van der Waals surface area contributed by atoms with Gasteiger partial charge in [-0.05, 0) is 50.5 Å². The maximum Gasteiger partial charge on any atom is 0.233 e. The highest BCUT2D eigenvalue weighted by Crippen LogP contribution is 2.29. The average Bonchev–Trinajstić information content (AvgIpc) is 3.31. The normalized spacial score (nSPS) is 26.4. The predicted molar refractivity (Wildman–Crippen MR) is 78.6 cm³/mol. The van der Waals surface area contributed by atoms with Gasteiger partial charge >= 0.3 is 0 Å². The van der Waals surface area contributed by atoms with Gasteiger partial charge in [0.15, 0.2) is 0 Å². The Morgan fingerprint density at radius 2 is 2.00 bits per heavy atom. The highest BCUT2D eigenvalue weighted by molar-refractivity contribution is 5.12. The maximum absolute atomic E-state index is 6.06. The first-order valence-corrected chi connectivity index (χ1v) is 8.08. The third-order valence-corrected chi connectivity index (χ3v) is 4.48. The first kappa shape index (κ1) is 13.8. The van der Waals surface area contributed by atoms with Crippen LogP contribution < -0.4 is 10.1 Å². The van der Waals surface area contributed by atoms with Crippen molar-refractivity contribution in [2.24, 2.45) is 5.92 Å². The highest BCUT2D eigenvalue weighted by atomic mass is 16.5. The number of nitrogens with zero attached hydrogens (tertiary/aromatic N) is 2. The van der Waals surface area contributed by atoms with E-state index in [0.717, 1.165) is 18.7 Å². The molecule has 0 spiro atoms. The molecular formula is C16H25N3O. The van der Waals surface area contributed by atoms with Crippen molar-refractivity contribution in [2.45, 2.75) is 70.6 Å². The summed E-state index contributed by atoms with van der Waals surface area (Å²) in [5.74, 6) is 1.37. The van der Waals surface area contributed by atoms with Crippen molar-refractivity contribution in [3.8, 4) is 5.88 Å². The van der Waals surface area contributed by atoms with E-state index in [1.54, 1.807) is 0 Å². The molecule has 0 aliphatic heterocycles. The molecule has 0 aromatic carbocycles. The maximum atomic E-state index is 6.06. The lowest BCUT2D eigenvalue weighted by molar-refractivity contribution is 0.0847. The van der Waals surface area contributed by atoms with E-state index in [-0.39, 0.29) is 0 Å². The van der Waals surface area contributed by atoms with Gasteiger partial charge in [-0.2, -0.15) is 5.10 Å². The Morgan fingerprint density at radius 3 is 2.70 bits per heavy atom. The Balaban J connectivity index is 1.53. The van der Waals surface area contributed by atoms with Gasteiger partial charge in [-0.1, -0.05) is 13.3 Å². The second kappa shape index (κ2) is 6.53. The van der Waals surface area contributed by atoms with Crippen LogP contribution in [0.3, 0.4) is 0 Å². The minimum Gasteiger partial charge on any atom is -0.473 e. The molecule has 0 radical (unpaired) electrons. The Bertz CT molecular complexity index is 416. The number of ether oxygens (including phenoxy) is 1. The Morgan fingerprint density at radius 1 is 1.15 bits per heavy atom. The zero-order valence-electron chi connectivity index (χ0n) is 12.3. The smallest absolute Gasteiger partial charge is 0.233 e. The molecule has 2 atom stereocenters. The predicted octanol–water partition coefficient (Wildman–Crippen LogP) is 3.08. The van der Waals surface area contributed by atoms with Crippen molar-refractivity contribution >= 4 is 0 Å². The molecule has 20 heavy (non-hydrogen) atoms. The second-order valence-electron chi connectivity index (χ2n) is 6.13. The van der Waals surface area contributed by atoms with Crippen molar-refractivity contribution < 1.29 is 4.74 Å². The van der Waals surface area contributed by atoms with Crippen LogP contribution in [0.5, 0.6) is 5.88 Å². The molecule has 4 heteroatoms. The number of hydrogen-bond acceptors (Lipinski definition) is 4. The van der Waals surface area contributed by atoms with E-state index in [4.69, 9.17) is 4.74 Å². The first-order chi connectivity index (χ1) is 9.85. The molecule has 2 saturated carbocycles. The molecular weight excluding hydrogens is 250 g/mol. The van der Waals surface area contributed by atoms with E-state index in [2.05, 4.69) is 22.4 Å². The molecule has 0 saturated heterocycles. The van der Waals surface area contributed by atoms with Crippen LogP contribution in [-0.2, 0) is 6.54 Å². The van der Waals surface area contributed by atoms with E-state index < -0.39 is 0 Å². The zero-order valence-corrected chi connectivity index (χ0v) is 12.3. The Kier molecular flexibility index (Phi) is 4.51. The van der Waals surface area contributed by atoms with Crippen molar-refractivity contribution in [1.29, 1.82) is 0 Å². The fourth-order valence-corrected chi connectivity index (χ4v) is 2.99. The van der Waals surface area contributed by atoms with Crippen molar-refractivity contribution in [1.82, 2.24) is 15.5 Å². The molecule has 3 rings (SSSR count).